The van der Waals surface area contributed by atoms with Crippen molar-refractivity contribution in [2.45, 2.75) is 38.9 Å². The molecule has 0 bridgehead atoms. The van der Waals surface area contributed by atoms with Gasteiger partial charge in [-0.15, -0.1) is 0 Å². The molecular weight excluding hydrogens is 260 g/mol. The highest BCUT2D eigenvalue weighted by molar-refractivity contribution is 6.29. The largest absolute Gasteiger partial charge is 0.373 e. The van der Waals surface area contributed by atoms with Gasteiger partial charge in [-0.3, -0.25) is 9.80 Å². The molecule has 2 fully saturated rings. The van der Waals surface area contributed by atoms with Crippen LogP contribution in [0.5, 0.6) is 0 Å². The SMILES string of the molecule is C=C(Cl)CN1CCC(CN2C[C@@H](C)O[C@@H](C)C2)CC1. The average molecular weight is 287 g/mol. The van der Waals surface area contributed by atoms with Gasteiger partial charge in [0, 0.05) is 31.2 Å². The molecule has 2 aliphatic rings. The first-order chi connectivity index (χ1) is 9.02. The lowest BCUT2D eigenvalue weighted by atomic mass is 9.95. The molecule has 2 atom stereocenters. The van der Waals surface area contributed by atoms with E-state index in [0.29, 0.717) is 12.2 Å². The molecule has 3 nitrogen and oxygen atoms in total. The van der Waals surface area contributed by atoms with Crippen molar-refractivity contribution in [3.05, 3.63) is 11.6 Å². The van der Waals surface area contributed by atoms with Gasteiger partial charge in [-0.2, -0.15) is 0 Å². The van der Waals surface area contributed by atoms with Crippen LogP contribution in [0.3, 0.4) is 0 Å². The number of ether oxygens (including phenoxy) is 1. The molecule has 0 amide bonds. The van der Waals surface area contributed by atoms with E-state index in [9.17, 15) is 0 Å². The smallest absolute Gasteiger partial charge is 0.0678 e. The third-order valence-electron chi connectivity index (χ3n) is 4.11. The molecule has 2 rings (SSSR count). The van der Waals surface area contributed by atoms with Gasteiger partial charge in [0.05, 0.1) is 12.2 Å². The average Bonchev–Trinajstić information content (AvgIpc) is 2.29. The molecule has 0 aromatic carbocycles. The van der Waals surface area contributed by atoms with E-state index in [2.05, 4.69) is 30.2 Å². The quantitative estimate of drug-likeness (QED) is 0.790. The van der Waals surface area contributed by atoms with Gasteiger partial charge in [0.15, 0.2) is 0 Å². The van der Waals surface area contributed by atoms with E-state index >= 15 is 0 Å². The fraction of sp³-hybridized carbons (Fsp3) is 0.867. The Morgan fingerprint density at radius 1 is 1.16 bits per heavy atom. The minimum Gasteiger partial charge on any atom is -0.373 e. The highest BCUT2D eigenvalue weighted by Gasteiger charge is 2.26. The summed E-state index contributed by atoms with van der Waals surface area (Å²) >= 11 is 5.88. The van der Waals surface area contributed by atoms with Gasteiger partial charge in [0.2, 0.25) is 0 Å². The number of rotatable bonds is 4. The van der Waals surface area contributed by atoms with Gasteiger partial charge >= 0.3 is 0 Å². The van der Waals surface area contributed by atoms with E-state index in [1.54, 1.807) is 0 Å². The number of hydrogen-bond acceptors (Lipinski definition) is 3. The van der Waals surface area contributed by atoms with E-state index in [-0.39, 0.29) is 0 Å². The van der Waals surface area contributed by atoms with E-state index in [0.717, 1.165) is 43.7 Å². The van der Waals surface area contributed by atoms with Gasteiger partial charge in [0.1, 0.15) is 0 Å². The maximum Gasteiger partial charge on any atom is 0.0678 e. The Morgan fingerprint density at radius 3 is 2.26 bits per heavy atom. The summed E-state index contributed by atoms with van der Waals surface area (Å²) in [7, 11) is 0. The van der Waals surface area contributed by atoms with E-state index in [4.69, 9.17) is 16.3 Å². The zero-order valence-corrected chi connectivity index (χ0v) is 13.0. The van der Waals surface area contributed by atoms with Crippen molar-refractivity contribution in [2.75, 3.05) is 39.3 Å². The van der Waals surface area contributed by atoms with E-state index in [1.165, 1.54) is 19.4 Å². The van der Waals surface area contributed by atoms with Gasteiger partial charge in [-0.05, 0) is 45.7 Å². The lowest BCUT2D eigenvalue weighted by Gasteiger charge is -2.39. The van der Waals surface area contributed by atoms with Crippen LogP contribution in [0, 0.1) is 5.92 Å². The summed E-state index contributed by atoms with van der Waals surface area (Å²) in [5, 5.41) is 0.759. The first-order valence-corrected chi connectivity index (χ1v) is 7.84. The number of morpholine rings is 1. The maximum absolute atomic E-state index is 5.88. The second-order valence-corrected chi connectivity index (χ2v) is 6.75. The summed E-state index contributed by atoms with van der Waals surface area (Å²) in [6, 6.07) is 0. The van der Waals surface area contributed by atoms with E-state index in [1.807, 2.05) is 0 Å². The van der Waals surface area contributed by atoms with Crippen molar-refractivity contribution in [3.8, 4) is 0 Å². The lowest BCUT2D eigenvalue weighted by Crippen LogP contribution is -2.48. The molecule has 4 heteroatoms. The number of halogens is 1. The topological polar surface area (TPSA) is 15.7 Å². The minimum absolute atomic E-state index is 0.378. The van der Waals surface area contributed by atoms with Crippen LogP contribution < -0.4 is 0 Å². The van der Waals surface area contributed by atoms with Crippen molar-refractivity contribution >= 4 is 11.6 Å². The Bertz CT molecular complexity index is 293. The van der Waals surface area contributed by atoms with Crippen LogP contribution in [0.4, 0.5) is 0 Å². The molecular formula is C15H27ClN2O. The van der Waals surface area contributed by atoms with Crippen molar-refractivity contribution in [1.29, 1.82) is 0 Å². The molecule has 0 spiro atoms. The summed E-state index contributed by atoms with van der Waals surface area (Å²) in [5.41, 5.74) is 0. The third-order valence-corrected chi connectivity index (χ3v) is 4.23. The molecule has 0 unspecified atom stereocenters. The zero-order chi connectivity index (χ0) is 13.8. The van der Waals surface area contributed by atoms with Crippen LogP contribution in [0.2, 0.25) is 0 Å². The molecule has 2 saturated heterocycles. The molecule has 2 heterocycles. The fourth-order valence-electron chi connectivity index (χ4n) is 3.37. The zero-order valence-electron chi connectivity index (χ0n) is 12.3. The van der Waals surface area contributed by atoms with Crippen LogP contribution >= 0.6 is 11.6 Å². The Balaban J connectivity index is 1.71. The van der Waals surface area contributed by atoms with Crippen LogP contribution in [0.1, 0.15) is 26.7 Å². The first kappa shape index (κ1) is 15.3. The second kappa shape index (κ2) is 7.07. The van der Waals surface area contributed by atoms with Crippen molar-refractivity contribution < 1.29 is 4.74 Å². The van der Waals surface area contributed by atoms with Crippen molar-refractivity contribution in [2.24, 2.45) is 5.92 Å². The minimum atomic E-state index is 0.378. The number of hydrogen-bond donors (Lipinski definition) is 0. The second-order valence-electron chi connectivity index (χ2n) is 6.21. The van der Waals surface area contributed by atoms with Crippen LogP contribution in [0.15, 0.2) is 11.6 Å². The third kappa shape index (κ3) is 5.07. The van der Waals surface area contributed by atoms with Crippen LogP contribution in [-0.4, -0.2) is 61.3 Å². The highest BCUT2D eigenvalue weighted by Crippen LogP contribution is 2.21. The van der Waals surface area contributed by atoms with Crippen LogP contribution in [-0.2, 0) is 4.74 Å². The fourth-order valence-corrected chi connectivity index (χ4v) is 3.54. The number of likely N-dealkylation sites (tertiary alicyclic amines) is 1. The van der Waals surface area contributed by atoms with Crippen molar-refractivity contribution in [3.63, 3.8) is 0 Å². The van der Waals surface area contributed by atoms with Crippen LogP contribution in [0.25, 0.3) is 0 Å². The lowest BCUT2D eigenvalue weighted by molar-refractivity contribution is -0.0730. The monoisotopic (exact) mass is 286 g/mol. The summed E-state index contributed by atoms with van der Waals surface area (Å²) in [5.74, 6) is 0.831. The molecule has 0 aliphatic carbocycles. The summed E-state index contributed by atoms with van der Waals surface area (Å²) in [6.45, 7) is 14.7. The summed E-state index contributed by atoms with van der Waals surface area (Å²) < 4.78 is 5.79. The Morgan fingerprint density at radius 2 is 1.74 bits per heavy atom. The molecule has 0 radical (unpaired) electrons. The first-order valence-electron chi connectivity index (χ1n) is 7.46. The Kier molecular flexibility index (Phi) is 5.70. The Labute approximate surface area is 122 Å². The molecule has 110 valence electrons. The predicted molar refractivity (Wildman–Crippen MR) is 80.6 cm³/mol. The molecule has 2 aliphatic heterocycles. The van der Waals surface area contributed by atoms with Gasteiger partial charge in [-0.1, -0.05) is 18.2 Å². The predicted octanol–water partition coefficient (Wildman–Crippen LogP) is 2.56. The van der Waals surface area contributed by atoms with Gasteiger partial charge in [0.25, 0.3) is 0 Å². The number of piperidine rings is 1. The van der Waals surface area contributed by atoms with Crippen molar-refractivity contribution in [1.82, 2.24) is 9.80 Å². The molecule has 0 N–H and O–H groups in total. The standard InChI is InChI=1S/C15H27ClN2O/c1-12(16)8-17-6-4-15(5-7-17)11-18-9-13(2)19-14(3)10-18/h13-15H,1,4-11H2,2-3H3/t13-,14+. The summed E-state index contributed by atoms with van der Waals surface area (Å²) in [4.78, 5) is 5.00. The Hall–Kier alpha value is -0.0900. The van der Waals surface area contributed by atoms with Gasteiger partial charge in [-0.25, -0.2) is 0 Å². The van der Waals surface area contributed by atoms with E-state index < -0.39 is 0 Å². The van der Waals surface area contributed by atoms with Gasteiger partial charge < -0.3 is 4.74 Å². The highest BCUT2D eigenvalue weighted by atomic mass is 35.5. The number of nitrogens with zero attached hydrogens (tertiary/aromatic N) is 2. The molecule has 0 saturated carbocycles. The molecule has 0 aromatic rings. The normalized spacial score (nSPS) is 31.5. The summed E-state index contributed by atoms with van der Waals surface area (Å²) in [6.07, 6.45) is 3.32. The maximum atomic E-state index is 5.88. The molecule has 0 aromatic heterocycles. The molecule has 19 heavy (non-hydrogen) atoms.